The van der Waals surface area contributed by atoms with Crippen molar-refractivity contribution < 1.29 is 14.7 Å². The first-order valence-corrected chi connectivity index (χ1v) is 8.12. The largest absolute Gasteiger partial charge is 0.480 e. The summed E-state index contributed by atoms with van der Waals surface area (Å²) in [5.41, 5.74) is 1.58. The van der Waals surface area contributed by atoms with E-state index < -0.39 is 11.9 Å². The molecule has 1 aromatic carbocycles. The zero-order chi connectivity index (χ0) is 17.9. The predicted molar refractivity (Wildman–Crippen MR) is 92.2 cm³/mol. The Bertz CT molecular complexity index is 774. The maximum absolute atomic E-state index is 12.5. The molecule has 0 saturated carbocycles. The quantitative estimate of drug-likeness (QED) is 0.846. The number of carbonyl (C=O) groups excluding carboxylic acids is 1. The van der Waals surface area contributed by atoms with Crippen LogP contribution in [0.15, 0.2) is 24.3 Å². The Hall–Kier alpha value is -2.05. The fourth-order valence-corrected chi connectivity index (χ4v) is 2.60. The molecule has 1 amide bonds. The second kappa shape index (κ2) is 7.68. The van der Waals surface area contributed by atoms with Crippen LogP contribution < -0.4 is 0 Å². The molecule has 0 unspecified atom stereocenters. The number of aromatic nitrogens is 2. The highest BCUT2D eigenvalue weighted by Gasteiger charge is 2.21. The normalized spacial score (nSPS) is 10.7. The van der Waals surface area contributed by atoms with Crippen molar-refractivity contribution in [3.05, 3.63) is 45.7 Å². The summed E-state index contributed by atoms with van der Waals surface area (Å²) in [6, 6.07) is 6.66. The first-order valence-electron chi connectivity index (χ1n) is 7.36. The third-order valence-electron chi connectivity index (χ3n) is 3.36. The van der Waals surface area contributed by atoms with Crippen LogP contribution in [-0.4, -0.2) is 44.8 Å². The van der Waals surface area contributed by atoms with Gasteiger partial charge in [-0.2, -0.15) is 5.10 Å². The Balaban J connectivity index is 2.34. The number of hydrogen-bond donors (Lipinski definition) is 1. The molecule has 6 nitrogen and oxygen atoms in total. The molecule has 0 spiro atoms. The number of hydrogen-bond acceptors (Lipinski definition) is 3. The summed E-state index contributed by atoms with van der Waals surface area (Å²) < 4.78 is 1.57. The minimum absolute atomic E-state index is 0.188. The highest BCUT2D eigenvalue weighted by molar-refractivity contribution is 6.42. The number of amides is 1. The summed E-state index contributed by atoms with van der Waals surface area (Å²) in [6.07, 6.45) is 0.658. The van der Waals surface area contributed by atoms with E-state index in [9.17, 15) is 9.59 Å². The second-order valence-electron chi connectivity index (χ2n) is 5.30. The predicted octanol–water partition coefficient (Wildman–Crippen LogP) is 3.42. The lowest BCUT2D eigenvalue weighted by Crippen LogP contribution is -2.36. The highest BCUT2D eigenvalue weighted by Crippen LogP contribution is 2.25. The number of aryl methyl sites for hydroxylation is 1. The molecule has 0 atom stereocenters. The van der Waals surface area contributed by atoms with Crippen molar-refractivity contribution in [2.24, 2.45) is 0 Å². The average molecular weight is 370 g/mol. The van der Waals surface area contributed by atoms with Gasteiger partial charge in [0.15, 0.2) is 5.69 Å². The smallest absolute Gasteiger partial charge is 0.323 e. The highest BCUT2D eigenvalue weighted by atomic mass is 35.5. The van der Waals surface area contributed by atoms with E-state index in [0.29, 0.717) is 28.7 Å². The van der Waals surface area contributed by atoms with Crippen molar-refractivity contribution in [1.82, 2.24) is 14.7 Å². The van der Waals surface area contributed by atoms with Crippen LogP contribution in [0.3, 0.4) is 0 Å². The van der Waals surface area contributed by atoms with Gasteiger partial charge in [-0.05, 0) is 37.6 Å². The molecular weight excluding hydrogens is 353 g/mol. The van der Waals surface area contributed by atoms with Gasteiger partial charge in [0.1, 0.15) is 6.54 Å². The zero-order valence-electron chi connectivity index (χ0n) is 13.3. The average Bonchev–Trinajstić information content (AvgIpc) is 2.90. The van der Waals surface area contributed by atoms with Gasteiger partial charge < -0.3 is 10.0 Å². The van der Waals surface area contributed by atoms with E-state index in [2.05, 4.69) is 5.10 Å². The molecule has 0 radical (unpaired) electrons. The van der Waals surface area contributed by atoms with Crippen LogP contribution in [0.5, 0.6) is 0 Å². The number of carbonyl (C=O) groups is 2. The molecule has 0 aliphatic carbocycles. The molecular formula is C16H17Cl2N3O3. The Morgan fingerprint density at radius 1 is 1.25 bits per heavy atom. The lowest BCUT2D eigenvalue weighted by Gasteiger charge is -2.18. The van der Waals surface area contributed by atoms with Crippen LogP contribution in [-0.2, 0) is 4.79 Å². The summed E-state index contributed by atoms with van der Waals surface area (Å²) >= 11 is 11.9. The molecule has 1 aromatic heterocycles. The molecule has 2 aromatic rings. The number of nitrogens with zero attached hydrogens (tertiary/aromatic N) is 3. The van der Waals surface area contributed by atoms with Crippen molar-refractivity contribution >= 4 is 35.1 Å². The van der Waals surface area contributed by atoms with Crippen LogP contribution in [0.25, 0.3) is 5.69 Å². The summed E-state index contributed by atoms with van der Waals surface area (Å²) in [6.45, 7) is 3.67. The topological polar surface area (TPSA) is 75.4 Å². The number of benzene rings is 1. The maximum Gasteiger partial charge on any atom is 0.323 e. The molecule has 128 valence electrons. The molecule has 1 heterocycles. The Morgan fingerprint density at radius 2 is 1.96 bits per heavy atom. The van der Waals surface area contributed by atoms with Crippen LogP contribution in [0, 0.1) is 6.92 Å². The van der Waals surface area contributed by atoms with Crippen molar-refractivity contribution in [1.29, 1.82) is 0 Å². The lowest BCUT2D eigenvalue weighted by atomic mass is 10.3. The van der Waals surface area contributed by atoms with Crippen molar-refractivity contribution in [3.63, 3.8) is 0 Å². The summed E-state index contributed by atoms with van der Waals surface area (Å²) in [5.74, 6) is -1.47. The fourth-order valence-electron chi connectivity index (χ4n) is 2.30. The number of aliphatic carboxylic acids is 1. The molecule has 0 aliphatic heterocycles. The van der Waals surface area contributed by atoms with Gasteiger partial charge in [0.05, 0.1) is 15.7 Å². The van der Waals surface area contributed by atoms with Crippen molar-refractivity contribution in [2.75, 3.05) is 13.1 Å². The third kappa shape index (κ3) is 4.07. The second-order valence-corrected chi connectivity index (χ2v) is 6.12. The molecule has 0 bridgehead atoms. The number of rotatable bonds is 6. The van der Waals surface area contributed by atoms with E-state index in [1.165, 1.54) is 4.90 Å². The SMILES string of the molecule is CCCN(CC(=O)O)C(=O)c1cc(C)n(-c2ccc(Cl)c(Cl)c2)n1. The molecule has 0 saturated heterocycles. The van der Waals surface area contributed by atoms with Gasteiger partial charge in [0.2, 0.25) is 0 Å². The van der Waals surface area contributed by atoms with E-state index in [-0.39, 0.29) is 12.2 Å². The lowest BCUT2D eigenvalue weighted by molar-refractivity contribution is -0.137. The van der Waals surface area contributed by atoms with Crippen LogP contribution in [0.2, 0.25) is 10.0 Å². The molecule has 0 aliphatic rings. The van der Waals surface area contributed by atoms with Crippen molar-refractivity contribution in [2.45, 2.75) is 20.3 Å². The monoisotopic (exact) mass is 369 g/mol. The maximum atomic E-state index is 12.5. The Labute approximate surface area is 149 Å². The first kappa shape index (κ1) is 18.3. The minimum atomic E-state index is -1.06. The summed E-state index contributed by atoms with van der Waals surface area (Å²) in [4.78, 5) is 24.7. The van der Waals surface area contributed by atoms with Gasteiger partial charge in [-0.25, -0.2) is 4.68 Å². The molecule has 24 heavy (non-hydrogen) atoms. The number of carboxylic acids is 1. The molecule has 8 heteroatoms. The first-order chi connectivity index (χ1) is 11.3. The third-order valence-corrected chi connectivity index (χ3v) is 4.10. The zero-order valence-corrected chi connectivity index (χ0v) is 14.8. The standard InChI is InChI=1S/C16H17Cl2N3O3/c1-3-6-20(9-15(22)23)16(24)14-7-10(2)21(19-14)11-4-5-12(17)13(18)8-11/h4-5,7-8H,3,6,9H2,1-2H3,(H,22,23). The van der Waals surface area contributed by atoms with Gasteiger partial charge in [-0.15, -0.1) is 0 Å². The molecule has 2 rings (SSSR count). The van der Waals surface area contributed by atoms with Gasteiger partial charge in [0, 0.05) is 12.2 Å². The molecule has 0 fully saturated rings. The summed E-state index contributed by atoms with van der Waals surface area (Å²) in [7, 11) is 0. The Morgan fingerprint density at radius 3 is 2.54 bits per heavy atom. The van der Waals surface area contributed by atoms with E-state index in [1.54, 1.807) is 35.9 Å². The Kier molecular flexibility index (Phi) is 5.85. The van der Waals surface area contributed by atoms with E-state index in [4.69, 9.17) is 28.3 Å². The number of halogens is 2. The van der Waals surface area contributed by atoms with E-state index in [0.717, 1.165) is 5.69 Å². The van der Waals surface area contributed by atoms with Crippen LogP contribution in [0.1, 0.15) is 29.5 Å². The number of carboxylic acid groups (broad SMARTS) is 1. The van der Waals surface area contributed by atoms with E-state index >= 15 is 0 Å². The fraction of sp³-hybridized carbons (Fsp3) is 0.312. The van der Waals surface area contributed by atoms with Gasteiger partial charge in [-0.3, -0.25) is 9.59 Å². The molecule has 1 N–H and O–H groups in total. The van der Waals surface area contributed by atoms with Crippen LogP contribution >= 0.6 is 23.2 Å². The van der Waals surface area contributed by atoms with Gasteiger partial charge >= 0.3 is 5.97 Å². The van der Waals surface area contributed by atoms with Crippen molar-refractivity contribution in [3.8, 4) is 5.69 Å². The summed E-state index contributed by atoms with van der Waals surface area (Å²) in [5, 5.41) is 14.1. The van der Waals surface area contributed by atoms with Gasteiger partial charge in [0.25, 0.3) is 5.91 Å². The van der Waals surface area contributed by atoms with Crippen LogP contribution in [0.4, 0.5) is 0 Å². The minimum Gasteiger partial charge on any atom is -0.480 e. The van der Waals surface area contributed by atoms with Gasteiger partial charge in [-0.1, -0.05) is 30.1 Å². The van der Waals surface area contributed by atoms with E-state index in [1.807, 2.05) is 6.92 Å².